The number of amidine groups is 1. The van der Waals surface area contributed by atoms with Gasteiger partial charge < -0.3 is 14.5 Å². The highest BCUT2D eigenvalue weighted by atomic mass is 79.9. The summed E-state index contributed by atoms with van der Waals surface area (Å²) in [7, 11) is 1.62. The van der Waals surface area contributed by atoms with E-state index in [-0.39, 0.29) is 12.0 Å². The van der Waals surface area contributed by atoms with E-state index >= 15 is 0 Å². The van der Waals surface area contributed by atoms with Crippen LogP contribution in [0.1, 0.15) is 11.7 Å². The van der Waals surface area contributed by atoms with Gasteiger partial charge in [0.25, 0.3) is 11.9 Å². The fraction of sp³-hybridized carbons (Fsp3) is 0.357. The van der Waals surface area contributed by atoms with Crippen molar-refractivity contribution in [2.45, 2.75) is 18.3 Å². The molecule has 1 aromatic rings. The summed E-state index contributed by atoms with van der Waals surface area (Å²) in [5, 5.41) is 2.35. The first-order chi connectivity index (χ1) is 10.5. The lowest BCUT2D eigenvalue weighted by Crippen LogP contribution is -2.63. The van der Waals surface area contributed by atoms with Crippen LogP contribution in [-0.2, 0) is 9.53 Å². The molecule has 3 heterocycles. The zero-order valence-electron chi connectivity index (χ0n) is 11.7. The van der Waals surface area contributed by atoms with Crippen LogP contribution < -0.4 is 5.32 Å². The fourth-order valence-corrected chi connectivity index (χ4v) is 3.25. The smallest absolute Gasteiger partial charge is 0.325 e. The maximum absolute atomic E-state index is 12.1. The number of nitrogens with zero attached hydrogens (tertiary/aromatic N) is 3. The maximum atomic E-state index is 12.1. The molecule has 0 radical (unpaired) electrons. The number of ether oxygens (including phenoxy) is 1. The Hall–Kier alpha value is -2.09. The van der Waals surface area contributed by atoms with Crippen LogP contribution >= 0.6 is 15.9 Å². The first-order valence-electron chi connectivity index (χ1n) is 6.89. The predicted molar refractivity (Wildman–Crippen MR) is 81.0 cm³/mol. The second-order valence-corrected chi connectivity index (χ2v) is 6.40. The van der Waals surface area contributed by atoms with Gasteiger partial charge in [-0.3, -0.25) is 10.1 Å². The number of imide groups is 1. The minimum Gasteiger partial charge on any atom is -0.455 e. The van der Waals surface area contributed by atoms with Crippen molar-refractivity contribution in [2.24, 2.45) is 4.99 Å². The zero-order chi connectivity index (χ0) is 15.4. The number of carbonyl (C=O) groups is 2. The molecule has 7 nitrogen and oxygen atoms in total. The third-order valence-electron chi connectivity index (χ3n) is 4.17. The number of hydrogen-bond acceptors (Lipinski definition) is 5. The number of nitrogens with one attached hydrogen (secondary N) is 1. The van der Waals surface area contributed by atoms with Crippen LogP contribution in [0.5, 0.6) is 0 Å². The number of likely N-dealkylation sites (N-methyl/N-ethyl adjacent to an activating group) is 1. The summed E-state index contributed by atoms with van der Waals surface area (Å²) in [5.41, 5.74) is 1.03. The Kier molecular flexibility index (Phi) is 2.90. The summed E-state index contributed by atoms with van der Waals surface area (Å²) in [5.74, 6) is -0.327. The predicted octanol–water partition coefficient (Wildman–Crippen LogP) is 1.07. The highest BCUT2D eigenvalue weighted by molar-refractivity contribution is 9.10. The number of hydrogen-bond donors (Lipinski definition) is 1. The summed E-state index contributed by atoms with van der Waals surface area (Å²) in [6.45, 7) is 0.539. The number of halogens is 1. The molecule has 3 atom stereocenters. The lowest BCUT2D eigenvalue weighted by Gasteiger charge is -2.34. The first-order valence-corrected chi connectivity index (χ1v) is 7.68. The number of urea groups is 1. The van der Waals surface area contributed by atoms with E-state index in [1.54, 1.807) is 7.05 Å². The van der Waals surface area contributed by atoms with Gasteiger partial charge in [-0.1, -0.05) is 28.1 Å². The quantitative estimate of drug-likeness (QED) is 0.808. The number of amides is 3. The number of fused-ring (bicyclic) bond motifs is 3. The van der Waals surface area contributed by atoms with Gasteiger partial charge in [0, 0.05) is 11.5 Å². The largest absolute Gasteiger partial charge is 0.455 e. The lowest BCUT2D eigenvalue weighted by molar-refractivity contribution is -0.127. The van der Waals surface area contributed by atoms with Crippen molar-refractivity contribution in [3.8, 4) is 0 Å². The van der Waals surface area contributed by atoms with E-state index < -0.39 is 18.2 Å². The monoisotopic (exact) mass is 364 g/mol. The second kappa shape index (κ2) is 4.70. The molecule has 114 valence electrons. The first kappa shape index (κ1) is 13.6. The number of benzene rings is 1. The summed E-state index contributed by atoms with van der Waals surface area (Å²) >= 11 is 3.40. The van der Waals surface area contributed by atoms with E-state index in [4.69, 9.17) is 4.74 Å². The molecule has 3 aliphatic heterocycles. The number of rotatable bonds is 1. The topological polar surface area (TPSA) is 74.2 Å². The number of aliphatic imine (C=N–C) groups is 1. The van der Waals surface area contributed by atoms with Gasteiger partial charge in [-0.25, -0.2) is 9.79 Å². The van der Waals surface area contributed by atoms with E-state index in [2.05, 4.69) is 26.2 Å². The fourth-order valence-electron chi connectivity index (χ4n) is 2.98. The van der Waals surface area contributed by atoms with Crippen molar-refractivity contribution in [2.75, 3.05) is 13.6 Å². The Morgan fingerprint density at radius 2 is 2.05 bits per heavy atom. The second-order valence-electron chi connectivity index (χ2n) is 5.49. The van der Waals surface area contributed by atoms with Crippen LogP contribution in [0, 0.1) is 0 Å². The summed E-state index contributed by atoms with van der Waals surface area (Å²) in [4.78, 5) is 31.4. The molecule has 3 amide bonds. The molecular formula is C14H13BrN4O3. The van der Waals surface area contributed by atoms with Crippen molar-refractivity contribution in [3.63, 3.8) is 0 Å². The van der Waals surface area contributed by atoms with Crippen molar-refractivity contribution in [1.82, 2.24) is 15.1 Å². The molecule has 3 aliphatic rings. The number of carbonyl (C=O) groups excluding carboxylic acids is 2. The molecule has 0 aromatic heterocycles. The normalized spacial score (nSPS) is 29.7. The van der Waals surface area contributed by atoms with Gasteiger partial charge >= 0.3 is 6.03 Å². The summed E-state index contributed by atoms with van der Waals surface area (Å²) in [6.07, 6.45) is -0.675. The van der Waals surface area contributed by atoms with Gasteiger partial charge in [0.15, 0.2) is 12.2 Å². The molecule has 22 heavy (non-hydrogen) atoms. The van der Waals surface area contributed by atoms with Crippen LogP contribution in [0.25, 0.3) is 0 Å². The van der Waals surface area contributed by atoms with E-state index in [0.717, 1.165) is 10.0 Å². The highest BCUT2D eigenvalue weighted by Gasteiger charge is 2.52. The Balaban J connectivity index is 1.61. The van der Waals surface area contributed by atoms with Gasteiger partial charge in [-0.15, -0.1) is 0 Å². The summed E-state index contributed by atoms with van der Waals surface area (Å²) < 4.78 is 6.88. The van der Waals surface area contributed by atoms with E-state index in [1.165, 1.54) is 4.90 Å². The van der Waals surface area contributed by atoms with Crippen LogP contribution in [0.4, 0.5) is 4.79 Å². The molecule has 2 saturated heterocycles. The molecule has 1 aromatic carbocycles. The Morgan fingerprint density at radius 1 is 1.32 bits per heavy atom. The molecule has 8 heteroatoms. The average Bonchev–Trinajstić information content (AvgIpc) is 3.03. The minimum atomic E-state index is -0.516. The molecule has 1 N–H and O–H groups in total. The van der Waals surface area contributed by atoms with Gasteiger partial charge in [-0.05, 0) is 17.7 Å². The molecule has 3 unspecified atom stereocenters. The molecule has 4 rings (SSSR count). The van der Waals surface area contributed by atoms with Crippen LogP contribution in [0.15, 0.2) is 33.7 Å². The van der Waals surface area contributed by atoms with E-state index in [9.17, 15) is 9.59 Å². The third kappa shape index (κ3) is 1.90. The maximum Gasteiger partial charge on any atom is 0.325 e. The van der Waals surface area contributed by atoms with Crippen LogP contribution in [-0.4, -0.2) is 53.6 Å². The van der Waals surface area contributed by atoms with Gasteiger partial charge in [0.1, 0.15) is 6.10 Å². The van der Waals surface area contributed by atoms with Crippen LogP contribution in [0.2, 0.25) is 0 Å². The van der Waals surface area contributed by atoms with Crippen molar-refractivity contribution in [3.05, 3.63) is 34.3 Å². The highest BCUT2D eigenvalue weighted by Crippen LogP contribution is 2.34. The molecule has 0 aliphatic carbocycles. The van der Waals surface area contributed by atoms with E-state index in [1.807, 2.05) is 29.2 Å². The van der Waals surface area contributed by atoms with Gasteiger partial charge in [0.2, 0.25) is 0 Å². The van der Waals surface area contributed by atoms with Crippen molar-refractivity contribution in [1.29, 1.82) is 0 Å². The van der Waals surface area contributed by atoms with Crippen molar-refractivity contribution < 1.29 is 14.3 Å². The molecule has 0 bridgehead atoms. The Labute approximate surface area is 135 Å². The van der Waals surface area contributed by atoms with E-state index in [0.29, 0.717) is 12.6 Å². The average molecular weight is 365 g/mol. The molecule has 0 spiro atoms. The molecule has 0 saturated carbocycles. The molecule has 2 fully saturated rings. The lowest BCUT2D eigenvalue weighted by atomic mass is 10.1. The van der Waals surface area contributed by atoms with Gasteiger partial charge in [-0.2, -0.15) is 0 Å². The Morgan fingerprint density at radius 3 is 2.77 bits per heavy atom. The third-order valence-corrected chi connectivity index (χ3v) is 4.70. The summed E-state index contributed by atoms with van der Waals surface area (Å²) in [6, 6.07) is 7.34. The minimum absolute atomic E-state index is 0.163. The SMILES string of the molecule is CN1C(=O)NC(=O)C2C1N=C1OC(c3ccc(Br)cc3)CN12. The van der Waals surface area contributed by atoms with Crippen LogP contribution in [0.3, 0.4) is 0 Å². The Bertz CT molecular complexity index is 690. The molecular weight excluding hydrogens is 352 g/mol. The van der Waals surface area contributed by atoms with Crippen molar-refractivity contribution >= 4 is 33.9 Å². The zero-order valence-corrected chi connectivity index (χ0v) is 13.3. The van der Waals surface area contributed by atoms with Gasteiger partial charge in [0.05, 0.1) is 6.54 Å². The standard InChI is InChI=1S/C14H13BrN4O3/c1-18-11-10(12(20)17-13(18)21)19-6-9(22-14(19)16-11)7-2-4-8(15)5-3-7/h2-5,9-11H,6H2,1H3,(H,17,20,21).